The van der Waals surface area contributed by atoms with E-state index < -0.39 is 0 Å². The van der Waals surface area contributed by atoms with Crippen molar-refractivity contribution in [3.05, 3.63) is 30.1 Å². The first-order chi connectivity index (χ1) is 8.81. The molecule has 0 aliphatic carbocycles. The minimum atomic E-state index is 0.279. The molecule has 1 aliphatic rings. The first-order valence-corrected chi connectivity index (χ1v) is 6.84. The van der Waals surface area contributed by atoms with Gasteiger partial charge in [-0.15, -0.1) is 0 Å². The van der Waals surface area contributed by atoms with E-state index in [1.54, 1.807) is 6.20 Å². The molecule has 1 aliphatic heterocycles. The summed E-state index contributed by atoms with van der Waals surface area (Å²) < 4.78 is 0. The molecule has 1 unspecified atom stereocenters. The van der Waals surface area contributed by atoms with Gasteiger partial charge in [0.1, 0.15) is 0 Å². The van der Waals surface area contributed by atoms with Gasteiger partial charge in [0.2, 0.25) is 0 Å². The fourth-order valence-electron chi connectivity index (χ4n) is 2.60. The number of likely N-dealkylation sites (tertiary alicyclic amines) is 1. The number of nitrogens with zero attached hydrogens (tertiary/aromatic N) is 3. The molecular weight excluding hydrogens is 224 g/mol. The number of hydrogen-bond donors (Lipinski definition) is 1. The molecule has 1 aromatic rings. The zero-order chi connectivity index (χ0) is 12.8. The van der Waals surface area contributed by atoms with Crippen LogP contribution >= 0.6 is 0 Å². The van der Waals surface area contributed by atoms with Crippen molar-refractivity contribution < 1.29 is 0 Å². The van der Waals surface area contributed by atoms with Gasteiger partial charge in [0.25, 0.3) is 0 Å². The molecule has 4 heteroatoms. The standard InChI is InChI=1S/C14H24N4/c1-17(9-10-18-7-2-3-8-18)14(11-15)13-5-4-6-16-12-13/h4-6,12,14H,2-3,7-11,15H2,1H3. The van der Waals surface area contributed by atoms with Crippen LogP contribution < -0.4 is 5.73 Å². The van der Waals surface area contributed by atoms with Crippen LogP contribution in [0.4, 0.5) is 0 Å². The minimum absolute atomic E-state index is 0.279. The van der Waals surface area contributed by atoms with Crippen molar-refractivity contribution in [1.82, 2.24) is 14.8 Å². The van der Waals surface area contributed by atoms with Gasteiger partial charge in [0.15, 0.2) is 0 Å². The quantitative estimate of drug-likeness (QED) is 0.819. The molecule has 1 fully saturated rings. The summed E-state index contributed by atoms with van der Waals surface area (Å²) in [5.41, 5.74) is 7.12. The molecule has 1 atom stereocenters. The Morgan fingerprint density at radius 1 is 1.44 bits per heavy atom. The summed E-state index contributed by atoms with van der Waals surface area (Å²) in [6.07, 6.45) is 6.43. The van der Waals surface area contributed by atoms with Gasteiger partial charge in [-0.2, -0.15) is 0 Å². The molecule has 0 radical (unpaired) electrons. The molecule has 100 valence electrons. The third-order valence-electron chi connectivity index (χ3n) is 3.79. The highest BCUT2D eigenvalue weighted by molar-refractivity contribution is 5.14. The average molecular weight is 248 g/mol. The smallest absolute Gasteiger partial charge is 0.0483 e. The van der Waals surface area contributed by atoms with Crippen LogP contribution in [0.15, 0.2) is 24.5 Å². The summed E-state index contributed by atoms with van der Waals surface area (Å²) in [5.74, 6) is 0. The lowest BCUT2D eigenvalue weighted by Crippen LogP contribution is -2.36. The molecule has 0 aromatic carbocycles. The number of hydrogen-bond acceptors (Lipinski definition) is 4. The summed E-state index contributed by atoms with van der Waals surface area (Å²) in [4.78, 5) is 9.06. The maximum Gasteiger partial charge on any atom is 0.0483 e. The molecule has 4 nitrogen and oxygen atoms in total. The lowest BCUT2D eigenvalue weighted by molar-refractivity contribution is 0.209. The molecule has 2 heterocycles. The Kier molecular flexibility index (Phi) is 5.11. The van der Waals surface area contributed by atoms with Crippen LogP contribution in [0.5, 0.6) is 0 Å². The van der Waals surface area contributed by atoms with E-state index in [0.717, 1.165) is 13.1 Å². The molecule has 2 rings (SSSR count). The first-order valence-electron chi connectivity index (χ1n) is 6.84. The van der Waals surface area contributed by atoms with Crippen LogP contribution in [0.2, 0.25) is 0 Å². The van der Waals surface area contributed by atoms with Crippen molar-refractivity contribution in [2.75, 3.05) is 39.8 Å². The lowest BCUT2D eigenvalue weighted by Gasteiger charge is -2.28. The Bertz CT molecular complexity index is 335. The van der Waals surface area contributed by atoms with Gasteiger partial charge >= 0.3 is 0 Å². The van der Waals surface area contributed by atoms with Crippen molar-refractivity contribution in [3.8, 4) is 0 Å². The average Bonchev–Trinajstić information content (AvgIpc) is 2.92. The van der Waals surface area contributed by atoms with Crippen molar-refractivity contribution in [1.29, 1.82) is 0 Å². The van der Waals surface area contributed by atoms with Gasteiger partial charge in [-0.25, -0.2) is 0 Å². The molecule has 0 amide bonds. The van der Waals surface area contributed by atoms with E-state index in [2.05, 4.69) is 27.9 Å². The Balaban J connectivity index is 1.87. The SMILES string of the molecule is CN(CCN1CCCC1)C(CN)c1cccnc1. The predicted octanol–water partition coefficient (Wildman–Crippen LogP) is 1.11. The highest BCUT2D eigenvalue weighted by Crippen LogP contribution is 2.17. The second-order valence-electron chi connectivity index (χ2n) is 5.07. The van der Waals surface area contributed by atoms with E-state index in [1.165, 1.54) is 31.5 Å². The monoisotopic (exact) mass is 248 g/mol. The maximum absolute atomic E-state index is 5.91. The van der Waals surface area contributed by atoms with Gasteiger partial charge in [0.05, 0.1) is 0 Å². The molecule has 2 N–H and O–H groups in total. The Hall–Kier alpha value is -0.970. The summed E-state index contributed by atoms with van der Waals surface area (Å²) in [6, 6.07) is 4.37. The highest BCUT2D eigenvalue weighted by Gasteiger charge is 2.17. The van der Waals surface area contributed by atoms with Gasteiger partial charge in [0, 0.05) is 38.1 Å². The van der Waals surface area contributed by atoms with E-state index >= 15 is 0 Å². The van der Waals surface area contributed by atoms with Gasteiger partial charge in [-0.05, 0) is 44.6 Å². The fourth-order valence-corrected chi connectivity index (χ4v) is 2.60. The van der Waals surface area contributed by atoms with Crippen molar-refractivity contribution in [3.63, 3.8) is 0 Å². The summed E-state index contributed by atoms with van der Waals surface area (Å²) in [5, 5.41) is 0. The summed E-state index contributed by atoms with van der Waals surface area (Å²) >= 11 is 0. The van der Waals surface area contributed by atoms with Crippen LogP contribution in [0.1, 0.15) is 24.4 Å². The highest BCUT2D eigenvalue weighted by atomic mass is 15.2. The number of pyridine rings is 1. The zero-order valence-electron chi connectivity index (χ0n) is 11.3. The molecule has 18 heavy (non-hydrogen) atoms. The minimum Gasteiger partial charge on any atom is -0.329 e. The Labute approximate surface area is 110 Å². The molecule has 0 bridgehead atoms. The summed E-state index contributed by atoms with van der Waals surface area (Å²) in [6.45, 7) is 5.37. The summed E-state index contributed by atoms with van der Waals surface area (Å²) in [7, 11) is 2.15. The topological polar surface area (TPSA) is 45.4 Å². The zero-order valence-corrected chi connectivity index (χ0v) is 11.3. The van der Waals surface area contributed by atoms with E-state index in [-0.39, 0.29) is 6.04 Å². The third kappa shape index (κ3) is 3.51. The van der Waals surface area contributed by atoms with Crippen molar-refractivity contribution in [2.24, 2.45) is 5.73 Å². The van der Waals surface area contributed by atoms with E-state index in [0.29, 0.717) is 6.54 Å². The van der Waals surface area contributed by atoms with E-state index in [9.17, 15) is 0 Å². The number of likely N-dealkylation sites (N-methyl/N-ethyl adjacent to an activating group) is 1. The second-order valence-corrected chi connectivity index (χ2v) is 5.07. The van der Waals surface area contributed by atoms with Crippen LogP contribution in [0.25, 0.3) is 0 Å². The third-order valence-corrected chi connectivity index (χ3v) is 3.79. The lowest BCUT2D eigenvalue weighted by atomic mass is 10.1. The Morgan fingerprint density at radius 2 is 2.22 bits per heavy atom. The number of rotatable bonds is 6. The largest absolute Gasteiger partial charge is 0.329 e. The maximum atomic E-state index is 5.91. The van der Waals surface area contributed by atoms with Crippen LogP contribution in [0, 0.1) is 0 Å². The van der Waals surface area contributed by atoms with E-state index in [1.807, 2.05) is 12.3 Å². The van der Waals surface area contributed by atoms with Crippen LogP contribution in [-0.4, -0.2) is 54.6 Å². The fraction of sp³-hybridized carbons (Fsp3) is 0.643. The molecular formula is C14H24N4. The second kappa shape index (κ2) is 6.83. The molecule has 1 aromatic heterocycles. The molecule has 1 saturated heterocycles. The van der Waals surface area contributed by atoms with E-state index in [4.69, 9.17) is 5.73 Å². The predicted molar refractivity (Wildman–Crippen MR) is 74.3 cm³/mol. The number of aromatic nitrogens is 1. The van der Waals surface area contributed by atoms with Gasteiger partial charge in [-0.1, -0.05) is 6.07 Å². The van der Waals surface area contributed by atoms with Gasteiger partial charge < -0.3 is 10.6 Å². The molecule has 0 saturated carbocycles. The first kappa shape index (κ1) is 13.5. The number of nitrogens with two attached hydrogens (primary N) is 1. The van der Waals surface area contributed by atoms with Crippen molar-refractivity contribution in [2.45, 2.75) is 18.9 Å². The van der Waals surface area contributed by atoms with Crippen LogP contribution in [-0.2, 0) is 0 Å². The molecule has 0 spiro atoms. The van der Waals surface area contributed by atoms with Crippen molar-refractivity contribution >= 4 is 0 Å². The Morgan fingerprint density at radius 3 is 2.83 bits per heavy atom. The normalized spacial score (nSPS) is 18.4. The van der Waals surface area contributed by atoms with Gasteiger partial charge in [-0.3, -0.25) is 9.88 Å². The van der Waals surface area contributed by atoms with Crippen LogP contribution in [0.3, 0.4) is 0 Å².